The minimum Gasteiger partial charge on any atom is -0.382 e. The molecule has 6 nitrogen and oxygen atoms in total. The topological polar surface area (TPSA) is 95.1 Å². The van der Waals surface area contributed by atoms with Crippen LogP contribution in [0, 0.1) is 0 Å². The number of imidazole rings is 1. The zero-order chi connectivity index (χ0) is 7.84. The van der Waals surface area contributed by atoms with Crippen LogP contribution in [-0.2, 0) is 0 Å². The molecule has 2 aromatic heterocycles. The quantitative estimate of drug-likeness (QED) is 0.517. The summed E-state index contributed by atoms with van der Waals surface area (Å²) in [5.74, 6) is 0.783. The molecule has 0 aliphatic rings. The molecule has 0 aliphatic heterocycles. The number of hydrogen-bond acceptors (Lipinski definition) is 5. The monoisotopic (exact) mass is 150 g/mol. The fourth-order valence-electron chi connectivity index (χ4n) is 0.852. The number of hydrogen-bond donors (Lipinski definition) is 2. The van der Waals surface area contributed by atoms with Gasteiger partial charge in [0, 0.05) is 0 Å². The predicted octanol–water partition coefficient (Wildman–Crippen LogP) is -0.711. The molecule has 56 valence electrons. The predicted molar refractivity (Wildman–Crippen MR) is 39.6 cm³/mol. The first-order valence-electron chi connectivity index (χ1n) is 2.99. The SMILES string of the molecule is Nc1ncnn2c(N)cnc12. The first-order chi connectivity index (χ1) is 5.29. The minimum atomic E-state index is 0.330. The van der Waals surface area contributed by atoms with Crippen LogP contribution in [0.4, 0.5) is 11.6 Å². The Balaban J connectivity index is 2.94. The standard InChI is InChI=1S/C5H6N6/c6-3-1-8-5-4(7)9-2-10-11(3)5/h1-2H,6H2,(H2,7,9,10). The van der Waals surface area contributed by atoms with Crippen LogP contribution in [0.3, 0.4) is 0 Å². The van der Waals surface area contributed by atoms with Crippen LogP contribution < -0.4 is 11.5 Å². The Kier molecular flexibility index (Phi) is 0.974. The summed E-state index contributed by atoms with van der Waals surface area (Å²) in [6.45, 7) is 0. The second-order valence-corrected chi connectivity index (χ2v) is 2.06. The third-order valence-electron chi connectivity index (χ3n) is 1.36. The van der Waals surface area contributed by atoms with Gasteiger partial charge in [-0.25, -0.2) is 9.97 Å². The van der Waals surface area contributed by atoms with Crippen molar-refractivity contribution < 1.29 is 0 Å². The molecule has 2 rings (SSSR count). The summed E-state index contributed by atoms with van der Waals surface area (Å²) in [5.41, 5.74) is 11.5. The lowest BCUT2D eigenvalue weighted by atomic mass is 10.7. The molecule has 4 N–H and O–H groups in total. The van der Waals surface area contributed by atoms with Crippen molar-refractivity contribution in [3.05, 3.63) is 12.5 Å². The van der Waals surface area contributed by atoms with E-state index in [0.29, 0.717) is 17.3 Å². The van der Waals surface area contributed by atoms with Crippen molar-refractivity contribution in [1.82, 2.24) is 19.6 Å². The van der Waals surface area contributed by atoms with E-state index >= 15 is 0 Å². The van der Waals surface area contributed by atoms with Crippen LogP contribution >= 0.6 is 0 Å². The van der Waals surface area contributed by atoms with Gasteiger partial charge in [0.05, 0.1) is 6.20 Å². The lowest BCUT2D eigenvalue weighted by Gasteiger charge is -1.94. The van der Waals surface area contributed by atoms with Crippen molar-refractivity contribution in [1.29, 1.82) is 0 Å². The van der Waals surface area contributed by atoms with Gasteiger partial charge in [0.1, 0.15) is 12.1 Å². The molecule has 0 saturated heterocycles. The number of anilines is 2. The van der Waals surface area contributed by atoms with E-state index in [1.165, 1.54) is 17.0 Å². The molecule has 2 heterocycles. The number of nitrogen functional groups attached to an aromatic ring is 2. The lowest BCUT2D eigenvalue weighted by Crippen LogP contribution is -2.01. The normalized spacial score (nSPS) is 10.5. The highest BCUT2D eigenvalue weighted by atomic mass is 15.3. The first kappa shape index (κ1) is 5.90. The molecule has 0 spiro atoms. The highest BCUT2D eigenvalue weighted by Crippen LogP contribution is 2.09. The zero-order valence-corrected chi connectivity index (χ0v) is 5.60. The van der Waals surface area contributed by atoms with Gasteiger partial charge in [-0.1, -0.05) is 0 Å². The van der Waals surface area contributed by atoms with Crippen LogP contribution in [0.5, 0.6) is 0 Å². The van der Waals surface area contributed by atoms with E-state index in [2.05, 4.69) is 15.1 Å². The number of fused-ring (bicyclic) bond motifs is 1. The van der Waals surface area contributed by atoms with E-state index < -0.39 is 0 Å². The molecule has 0 radical (unpaired) electrons. The van der Waals surface area contributed by atoms with Crippen molar-refractivity contribution in [3.8, 4) is 0 Å². The molecule has 0 atom stereocenters. The maximum Gasteiger partial charge on any atom is 0.198 e. The second-order valence-electron chi connectivity index (χ2n) is 2.06. The summed E-state index contributed by atoms with van der Waals surface area (Å²) in [6, 6.07) is 0. The molecule has 0 aromatic carbocycles. The smallest absolute Gasteiger partial charge is 0.198 e. The largest absolute Gasteiger partial charge is 0.382 e. The van der Waals surface area contributed by atoms with Crippen LogP contribution in [-0.4, -0.2) is 19.6 Å². The van der Waals surface area contributed by atoms with E-state index in [4.69, 9.17) is 11.5 Å². The van der Waals surface area contributed by atoms with Gasteiger partial charge in [-0.3, -0.25) is 0 Å². The summed E-state index contributed by atoms with van der Waals surface area (Å²) >= 11 is 0. The molecular weight excluding hydrogens is 144 g/mol. The van der Waals surface area contributed by atoms with Gasteiger partial charge in [0.15, 0.2) is 11.5 Å². The Morgan fingerprint density at radius 1 is 1.27 bits per heavy atom. The zero-order valence-electron chi connectivity index (χ0n) is 5.60. The lowest BCUT2D eigenvalue weighted by molar-refractivity contribution is 0.911. The Morgan fingerprint density at radius 2 is 2.09 bits per heavy atom. The van der Waals surface area contributed by atoms with Crippen molar-refractivity contribution in [2.75, 3.05) is 11.5 Å². The second kappa shape index (κ2) is 1.82. The Bertz CT molecular complexity index is 391. The molecule has 0 amide bonds. The number of aromatic nitrogens is 4. The van der Waals surface area contributed by atoms with E-state index in [9.17, 15) is 0 Å². The third-order valence-corrected chi connectivity index (χ3v) is 1.36. The molecule has 0 aliphatic carbocycles. The highest BCUT2D eigenvalue weighted by molar-refractivity contribution is 5.61. The van der Waals surface area contributed by atoms with Gasteiger partial charge in [0.25, 0.3) is 0 Å². The summed E-state index contributed by atoms with van der Waals surface area (Å²) in [6.07, 6.45) is 2.82. The van der Waals surface area contributed by atoms with Gasteiger partial charge in [-0.05, 0) is 0 Å². The molecular formula is C5H6N6. The van der Waals surface area contributed by atoms with Crippen LogP contribution in [0.2, 0.25) is 0 Å². The average Bonchev–Trinajstić information content (AvgIpc) is 2.35. The summed E-state index contributed by atoms with van der Waals surface area (Å²) in [5, 5.41) is 3.84. The highest BCUT2D eigenvalue weighted by Gasteiger charge is 2.02. The van der Waals surface area contributed by atoms with Crippen LogP contribution in [0.1, 0.15) is 0 Å². The minimum absolute atomic E-state index is 0.330. The van der Waals surface area contributed by atoms with Gasteiger partial charge < -0.3 is 11.5 Å². The average molecular weight is 150 g/mol. The van der Waals surface area contributed by atoms with Gasteiger partial charge in [-0.2, -0.15) is 9.61 Å². The van der Waals surface area contributed by atoms with Gasteiger partial charge in [-0.15, -0.1) is 0 Å². The van der Waals surface area contributed by atoms with E-state index in [1.807, 2.05) is 0 Å². The molecule has 11 heavy (non-hydrogen) atoms. The van der Waals surface area contributed by atoms with Crippen LogP contribution in [0.25, 0.3) is 5.65 Å². The molecule has 0 saturated carbocycles. The molecule has 0 bridgehead atoms. The molecule has 0 unspecified atom stereocenters. The van der Waals surface area contributed by atoms with Crippen molar-refractivity contribution in [2.45, 2.75) is 0 Å². The third kappa shape index (κ3) is 0.689. The maximum atomic E-state index is 5.50. The molecule has 6 heteroatoms. The summed E-state index contributed by atoms with van der Waals surface area (Å²) in [4.78, 5) is 7.65. The first-order valence-corrected chi connectivity index (χ1v) is 2.99. The van der Waals surface area contributed by atoms with Crippen LogP contribution in [0.15, 0.2) is 12.5 Å². The van der Waals surface area contributed by atoms with Crippen molar-refractivity contribution in [3.63, 3.8) is 0 Å². The summed E-state index contributed by atoms with van der Waals surface area (Å²) in [7, 11) is 0. The maximum absolute atomic E-state index is 5.50. The fraction of sp³-hybridized carbons (Fsp3) is 0. The van der Waals surface area contributed by atoms with E-state index in [1.54, 1.807) is 0 Å². The summed E-state index contributed by atoms with van der Waals surface area (Å²) < 4.78 is 1.43. The van der Waals surface area contributed by atoms with E-state index in [0.717, 1.165) is 0 Å². The van der Waals surface area contributed by atoms with Gasteiger partial charge in [0.2, 0.25) is 0 Å². The molecule has 0 fully saturated rings. The Hall–Kier alpha value is -1.85. The molecule has 2 aromatic rings. The number of nitrogens with two attached hydrogens (primary N) is 2. The van der Waals surface area contributed by atoms with Crippen molar-refractivity contribution >= 4 is 17.3 Å². The Labute approximate surface area is 61.9 Å². The van der Waals surface area contributed by atoms with Crippen molar-refractivity contribution in [2.24, 2.45) is 0 Å². The Morgan fingerprint density at radius 3 is 2.82 bits per heavy atom. The number of rotatable bonds is 0. The fourth-order valence-corrected chi connectivity index (χ4v) is 0.852. The van der Waals surface area contributed by atoms with Gasteiger partial charge >= 0.3 is 0 Å². The number of nitrogens with zero attached hydrogens (tertiary/aromatic N) is 4. The van der Waals surface area contributed by atoms with E-state index in [-0.39, 0.29) is 0 Å².